The summed E-state index contributed by atoms with van der Waals surface area (Å²) < 4.78 is 13.1. The minimum atomic E-state index is -0.914. The Labute approximate surface area is 129 Å². The molecule has 0 aliphatic carbocycles. The van der Waals surface area contributed by atoms with Crippen LogP contribution in [0.1, 0.15) is 34.8 Å². The second-order valence-corrected chi connectivity index (χ2v) is 5.45. The Balaban J connectivity index is 1.77. The number of hydrogen-bond acceptors (Lipinski definition) is 2. The predicted molar refractivity (Wildman–Crippen MR) is 84.4 cm³/mol. The molecule has 0 aromatic heterocycles. The van der Waals surface area contributed by atoms with Gasteiger partial charge in [0, 0.05) is 12.6 Å². The van der Waals surface area contributed by atoms with E-state index in [1.165, 1.54) is 6.07 Å². The van der Waals surface area contributed by atoms with Gasteiger partial charge in [-0.2, -0.15) is 0 Å². The number of halogens is 1. The molecule has 2 aromatic rings. The highest BCUT2D eigenvalue weighted by Gasteiger charge is 2.05. The van der Waals surface area contributed by atoms with Crippen molar-refractivity contribution in [3.05, 3.63) is 71.0 Å². The Kier molecular flexibility index (Phi) is 5.67. The number of hydrogen-bond donors (Lipinski definition) is 2. The maximum atomic E-state index is 13.1. The number of aromatic carboxylic acids is 1. The van der Waals surface area contributed by atoms with Gasteiger partial charge in [0.15, 0.2) is 0 Å². The third-order valence-corrected chi connectivity index (χ3v) is 3.61. The Morgan fingerprint density at radius 2 is 1.91 bits per heavy atom. The number of aryl methyl sites for hydroxylation is 1. The van der Waals surface area contributed by atoms with Gasteiger partial charge in [0.05, 0.1) is 5.56 Å². The molecule has 4 heteroatoms. The number of nitrogens with one attached hydrogen (secondary N) is 1. The van der Waals surface area contributed by atoms with E-state index < -0.39 is 5.97 Å². The van der Waals surface area contributed by atoms with Crippen molar-refractivity contribution in [2.75, 3.05) is 0 Å². The zero-order valence-corrected chi connectivity index (χ0v) is 12.6. The minimum absolute atomic E-state index is 0.198. The summed E-state index contributed by atoms with van der Waals surface area (Å²) in [6.45, 7) is 2.77. The molecule has 0 fully saturated rings. The van der Waals surface area contributed by atoms with E-state index in [0.29, 0.717) is 18.2 Å². The van der Waals surface area contributed by atoms with E-state index in [1.807, 2.05) is 18.2 Å². The third-order valence-electron chi connectivity index (χ3n) is 3.61. The number of carboxylic acids is 1. The molecule has 116 valence electrons. The second kappa shape index (κ2) is 7.71. The Morgan fingerprint density at radius 1 is 1.18 bits per heavy atom. The summed E-state index contributed by atoms with van der Waals surface area (Å²) in [6.07, 6.45) is 1.74. The minimum Gasteiger partial charge on any atom is -0.478 e. The molecule has 0 aliphatic heterocycles. The molecular formula is C18H20FNO2. The lowest BCUT2D eigenvalue weighted by Crippen LogP contribution is -2.26. The second-order valence-electron chi connectivity index (χ2n) is 5.45. The van der Waals surface area contributed by atoms with E-state index in [-0.39, 0.29) is 5.82 Å². The van der Waals surface area contributed by atoms with Crippen molar-refractivity contribution < 1.29 is 14.3 Å². The number of carboxylic acid groups (broad SMARTS) is 1. The van der Waals surface area contributed by atoms with Gasteiger partial charge in [-0.25, -0.2) is 9.18 Å². The average molecular weight is 301 g/mol. The third kappa shape index (κ3) is 4.97. The van der Waals surface area contributed by atoms with Gasteiger partial charge < -0.3 is 10.4 Å². The van der Waals surface area contributed by atoms with Gasteiger partial charge in [-0.05, 0) is 55.2 Å². The molecule has 22 heavy (non-hydrogen) atoms. The zero-order valence-electron chi connectivity index (χ0n) is 12.6. The lowest BCUT2D eigenvalue weighted by Gasteiger charge is -2.14. The van der Waals surface area contributed by atoms with Crippen LogP contribution < -0.4 is 5.32 Å². The van der Waals surface area contributed by atoms with Crippen LogP contribution in [0.3, 0.4) is 0 Å². The van der Waals surface area contributed by atoms with E-state index in [0.717, 1.165) is 24.0 Å². The summed E-state index contributed by atoms with van der Waals surface area (Å²) in [6, 6.07) is 13.8. The molecule has 3 nitrogen and oxygen atoms in total. The molecule has 0 aliphatic rings. The fraction of sp³-hybridized carbons (Fsp3) is 0.278. The van der Waals surface area contributed by atoms with Crippen LogP contribution in [0, 0.1) is 5.82 Å². The summed E-state index contributed by atoms with van der Waals surface area (Å²) in [5.41, 5.74) is 2.34. The molecule has 0 bridgehead atoms. The fourth-order valence-electron chi connectivity index (χ4n) is 2.23. The molecule has 2 aromatic carbocycles. The van der Waals surface area contributed by atoms with Crippen LogP contribution in [0.25, 0.3) is 0 Å². The maximum Gasteiger partial charge on any atom is 0.335 e. The standard InChI is InChI=1S/C18H20FNO2/c1-13(5-6-14-3-2-4-17(19)11-14)20-12-15-7-9-16(10-8-15)18(21)22/h2-4,7-11,13,20H,5-6,12H2,1H3,(H,21,22). The van der Waals surface area contributed by atoms with E-state index in [1.54, 1.807) is 24.3 Å². The quantitative estimate of drug-likeness (QED) is 0.821. The lowest BCUT2D eigenvalue weighted by atomic mass is 10.1. The first-order chi connectivity index (χ1) is 10.5. The van der Waals surface area contributed by atoms with Gasteiger partial charge in [0.2, 0.25) is 0 Å². The van der Waals surface area contributed by atoms with Gasteiger partial charge in [0.1, 0.15) is 5.82 Å². The van der Waals surface area contributed by atoms with Gasteiger partial charge >= 0.3 is 5.97 Å². The highest BCUT2D eigenvalue weighted by molar-refractivity contribution is 5.87. The van der Waals surface area contributed by atoms with Crippen molar-refractivity contribution in [1.29, 1.82) is 0 Å². The van der Waals surface area contributed by atoms with E-state index in [9.17, 15) is 9.18 Å². The van der Waals surface area contributed by atoms with Gasteiger partial charge in [-0.15, -0.1) is 0 Å². The molecular weight excluding hydrogens is 281 g/mol. The first-order valence-corrected chi connectivity index (χ1v) is 7.34. The summed E-state index contributed by atoms with van der Waals surface area (Å²) in [5, 5.41) is 12.2. The first kappa shape index (κ1) is 16.2. The molecule has 2 rings (SSSR count). The highest BCUT2D eigenvalue weighted by atomic mass is 19.1. The van der Waals surface area contributed by atoms with E-state index >= 15 is 0 Å². The van der Waals surface area contributed by atoms with E-state index in [4.69, 9.17) is 5.11 Å². The Hall–Kier alpha value is -2.20. The molecule has 0 radical (unpaired) electrons. The van der Waals surface area contributed by atoms with Crippen molar-refractivity contribution in [3.63, 3.8) is 0 Å². The monoisotopic (exact) mass is 301 g/mol. The van der Waals surface area contributed by atoms with Crippen LogP contribution in [-0.2, 0) is 13.0 Å². The number of rotatable bonds is 7. The van der Waals surface area contributed by atoms with Gasteiger partial charge in [-0.3, -0.25) is 0 Å². The molecule has 0 amide bonds. The highest BCUT2D eigenvalue weighted by Crippen LogP contribution is 2.09. The molecule has 2 N–H and O–H groups in total. The fourth-order valence-corrected chi connectivity index (χ4v) is 2.23. The largest absolute Gasteiger partial charge is 0.478 e. The average Bonchev–Trinajstić information content (AvgIpc) is 2.51. The molecule has 0 saturated heterocycles. The van der Waals surface area contributed by atoms with Crippen molar-refractivity contribution >= 4 is 5.97 Å². The molecule has 0 heterocycles. The summed E-state index contributed by atoms with van der Waals surface area (Å²) in [4.78, 5) is 10.8. The SMILES string of the molecule is CC(CCc1cccc(F)c1)NCc1ccc(C(=O)O)cc1. The Morgan fingerprint density at radius 3 is 2.55 bits per heavy atom. The van der Waals surface area contributed by atoms with Crippen LogP contribution in [-0.4, -0.2) is 17.1 Å². The molecule has 0 spiro atoms. The van der Waals surface area contributed by atoms with Crippen LogP contribution in [0.15, 0.2) is 48.5 Å². The van der Waals surface area contributed by atoms with Crippen LogP contribution in [0.2, 0.25) is 0 Å². The molecule has 1 unspecified atom stereocenters. The first-order valence-electron chi connectivity index (χ1n) is 7.34. The predicted octanol–water partition coefficient (Wildman–Crippen LogP) is 3.63. The van der Waals surface area contributed by atoms with E-state index in [2.05, 4.69) is 12.2 Å². The van der Waals surface area contributed by atoms with Crippen molar-refractivity contribution in [2.45, 2.75) is 32.4 Å². The van der Waals surface area contributed by atoms with Crippen molar-refractivity contribution in [2.24, 2.45) is 0 Å². The van der Waals surface area contributed by atoms with Crippen molar-refractivity contribution in [3.8, 4) is 0 Å². The van der Waals surface area contributed by atoms with Gasteiger partial charge in [-0.1, -0.05) is 24.3 Å². The van der Waals surface area contributed by atoms with Crippen LogP contribution in [0.5, 0.6) is 0 Å². The molecule has 0 saturated carbocycles. The zero-order chi connectivity index (χ0) is 15.9. The molecule has 1 atom stereocenters. The summed E-state index contributed by atoms with van der Waals surface area (Å²) >= 11 is 0. The summed E-state index contributed by atoms with van der Waals surface area (Å²) in [5.74, 6) is -1.11. The van der Waals surface area contributed by atoms with Gasteiger partial charge in [0.25, 0.3) is 0 Å². The Bertz CT molecular complexity index is 625. The smallest absolute Gasteiger partial charge is 0.335 e. The van der Waals surface area contributed by atoms with Crippen molar-refractivity contribution in [1.82, 2.24) is 5.32 Å². The van der Waals surface area contributed by atoms with Crippen LogP contribution in [0.4, 0.5) is 4.39 Å². The normalized spacial score (nSPS) is 12.1. The summed E-state index contributed by atoms with van der Waals surface area (Å²) in [7, 11) is 0. The lowest BCUT2D eigenvalue weighted by molar-refractivity contribution is 0.0697. The van der Waals surface area contributed by atoms with Crippen LogP contribution >= 0.6 is 0 Å². The maximum absolute atomic E-state index is 13.1. The number of carbonyl (C=O) groups is 1. The number of benzene rings is 2. The topological polar surface area (TPSA) is 49.3 Å².